The molecule has 0 spiro atoms. The standard InChI is InChI=1S/C10H28O2Si3/c1-10(13(2,3)4)11-15(8,9)12-14(5,6)7/h10H,1-9H3. The van der Waals surface area contributed by atoms with Gasteiger partial charge in [0.15, 0.2) is 8.32 Å². The van der Waals surface area contributed by atoms with Crippen LogP contribution in [0, 0.1) is 0 Å². The lowest BCUT2D eigenvalue weighted by Gasteiger charge is -2.36. The van der Waals surface area contributed by atoms with Gasteiger partial charge >= 0.3 is 8.56 Å². The molecule has 0 amide bonds. The van der Waals surface area contributed by atoms with E-state index in [0.717, 1.165) is 0 Å². The maximum atomic E-state index is 6.19. The van der Waals surface area contributed by atoms with E-state index in [1.807, 2.05) is 0 Å². The van der Waals surface area contributed by atoms with E-state index in [9.17, 15) is 0 Å². The van der Waals surface area contributed by atoms with Gasteiger partial charge in [-0.3, -0.25) is 0 Å². The molecule has 0 saturated heterocycles. The highest BCUT2D eigenvalue weighted by atomic mass is 28.4. The third kappa shape index (κ3) is 7.46. The van der Waals surface area contributed by atoms with Crippen molar-refractivity contribution in [3.8, 4) is 0 Å². The van der Waals surface area contributed by atoms with Gasteiger partial charge in [0.2, 0.25) is 0 Å². The van der Waals surface area contributed by atoms with Crippen LogP contribution in [0.3, 0.4) is 0 Å². The Balaban J connectivity index is 4.39. The molecule has 0 aromatic heterocycles. The number of hydrogen-bond acceptors (Lipinski definition) is 2. The van der Waals surface area contributed by atoms with Crippen LogP contribution >= 0.6 is 0 Å². The van der Waals surface area contributed by atoms with Crippen LogP contribution in [-0.4, -0.2) is 30.7 Å². The molecule has 15 heavy (non-hydrogen) atoms. The minimum absolute atomic E-state index is 0.385. The molecule has 5 heteroatoms. The second kappa shape index (κ2) is 4.83. The molecule has 1 atom stereocenters. The molecule has 0 saturated carbocycles. The molecule has 0 aliphatic carbocycles. The summed E-state index contributed by atoms with van der Waals surface area (Å²) in [5, 5.41) is 0. The zero-order valence-corrected chi connectivity index (χ0v) is 14.9. The fraction of sp³-hybridized carbons (Fsp3) is 1.00. The molecule has 0 N–H and O–H groups in total. The third-order valence-electron chi connectivity index (χ3n) is 2.23. The van der Waals surface area contributed by atoms with E-state index in [0.29, 0.717) is 5.73 Å². The van der Waals surface area contributed by atoms with Crippen molar-refractivity contribution < 1.29 is 8.54 Å². The molecule has 0 radical (unpaired) electrons. The maximum absolute atomic E-state index is 6.19. The quantitative estimate of drug-likeness (QED) is 0.703. The highest BCUT2D eigenvalue weighted by Gasteiger charge is 2.36. The summed E-state index contributed by atoms with van der Waals surface area (Å²) in [4.78, 5) is 0. The SMILES string of the molecule is CC(O[Si](C)(C)O[Si](C)(C)C)[Si](C)(C)C. The Morgan fingerprint density at radius 3 is 1.47 bits per heavy atom. The van der Waals surface area contributed by atoms with E-state index in [-0.39, 0.29) is 0 Å². The Hall–Kier alpha value is 0.571. The zero-order chi connectivity index (χ0) is 12.5. The average molecular weight is 265 g/mol. The highest BCUT2D eigenvalue weighted by Crippen LogP contribution is 2.21. The van der Waals surface area contributed by atoms with E-state index in [1.165, 1.54) is 0 Å². The van der Waals surface area contributed by atoms with Crippen LogP contribution < -0.4 is 0 Å². The molecule has 1 unspecified atom stereocenters. The topological polar surface area (TPSA) is 18.5 Å². The van der Waals surface area contributed by atoms with Gasteiger partial charge in [0.05, 0.1) is 8.07 Å². The molecule has 0 rings (SSSR count). The van der Waals surface area contributed by atoms with Crippen molar-refractivity contribution in [2.24, 2.45) is 0 Å². The Morgan fingerprint density at radius 2 is 1.20 bits per heavy atom. The lowest BCUT2D eigenvalue weighted by atomic mass is 10.9. The van der Waals surface area contributed by atoms with E-state index in [4.69, 9.17) is 8.54 Å². The fourth-order valence-electron chi connectivity index (χ4n) is 1.36. The summed E-state index contributed by atoms with van der Waals surface area (Å²) in [6.07, 6.45) is 0. The summed E-state index contributed by atoms with van der Waals surface area (Å²) < 4.78 is 12.4. The molecule has 0 fully saturated rings. The van der Waals surface area contributed by atoms with E-state index < -0.39 is 25.0 Å². The summed E-state index contributed by atoms with van der Waals surface area (Å²) in [6.45, 7) is 20.3. The van der Waals surface area contributed by atoms with Gasteiger partial charge in [-0.25, -0.2) is 0 Å². The molecule has 0 aliphatic heterocycles. The van der Waals surface area contributed by atoms with Gasteiger partial charge in [0.25, 0.3) is 0 Å². The largest absolute Gasteiger partial charge is 0.436 e. The normalized spacial score (nSPS) is 16.6. The first-order chi connectivity index (χ1) is 6.33. The van der Waals surface area contributed by atoms with Crippen LogP contribution in [0.4, 0.5) is 0 Å². The van der Waals surface area contributed by atoms with Gasteiger partial charge in [-0.05, 0) is 39.7 Å². The summed E-state index contributed by atoms with van der Waals surface area (Å²) >= 11 is 0. The Bertz CT molecular complexity index is 204. The second-order valence-electron chi connectivity index (χ2n) is 6.74. The van der Waals surface area contributed by atoms with Crippen molar-refractivity contribution in [3.05, 3.63) is 0 Å². The average Bonchev–Trinajstić information content (AvgIpc) is 1.76. The van der Waals surface area contributed by atoms with Crippen molar-refractivity contribution in [2.75, 3.05) is 0 Å². The zero-order valence-electron chi connectivity index (χ0n) is 11.9. The lowest BCUT2D eigenvalue weighted by molar-refractivity contribution is 0.224. The van der Waals surface area contributed by atoms with Gasteiger partial charge in [0.1, 0.15) is 0 Å². The van der Waals surface area contributed by atoms with Crippen molar-refractivity contribution in [1.82, 2.24) is 0 Å². The Labute approximate surface area is 98.8 Å². The highest BCUT2D eigenvalue weighted by molar-refractivity contribution is 6.82. The van der Waals surface area contributed by atoms with Crippen molar-refractivity contribution in [1.29, 1.82) is 0 Å². The number of hydrogen-bond donors (Lipinski definition) is 0. The molecule has 0 aromatic rings. The minimum Gasteiger partial charge on any atom is -0.436 e. The van der Waals surface area contributed by atoms with Gasteiger partial charge < -0.3 is 8.54 Å². The predicted molar refractivity (Wildman–Crippen MR) is 75.8 cm³/mol. The molecule has 92 valence electrons. The van der Waals surface area contributed by atoms with Crippen LogP contribution in [0.5, 0.6) is 0 Å². The third-order valence-corrected chi connectivity index (χ3v) is 10.4. The summed E-state index contributed by atoms with van der Waals surface area (Å²) in [5.74, 6) is 0. The van der Waals surface area contributed by atoms with Crippen LogP contribution in [-0.2, 0) is 8.54 Å². The van der Waals surface area contributed by atoms with Crippen molar-refractivity contribution in [2.45, 2.75) is 65.0 Å². The van der Waals surface area contributed by atoms with E-state index in [2.05, 4.69) is 59.3 Å². The van der Waals surface area contributed by atoms with Gasteiger partial charge in [0, 0.05) is 5.73 Å². The van der Waals surface area contributed by atoms with Crippen LogP contribution in [0.2, 0.25) is 52.4 Å². The minimum atomic E-state index is -1.92. The first-order valence-electron chi connectivity index (χ1n) is 5.71. The van der Waals surface area contributed by atoms with E-state index in [1.54, 1.807) is 0 Å². The second-order valence-corrected chi connectivity index (χ2v) is 20.4. The molecular formula is C10H28O2Si3. The maximum Gasteiger partial charge on any atom is 0.321 e. The molecule has 0 aliphatic rings. The molecular weight excluding hydrogens is 236 g/mol. The Morgan fingerprint density at radius 1 is 0.800 bits per heavy atom. The Kier molecular flexibility index (Phi) is 5.01. The smallest absolute Gasteiger partial charge is 0.321 e. The summed E-state index contributed by atoms with van der Waals surface area (Å²) in [7, 11) is -4.58. The van der Waals surface area contributed by atoms with Crippen LogP contribution in [0.15, 0.2) is 0 Å². The molecule has 2 nitrogen and oxygen atoms in total. The molecule has 0 bridgehead atoms. The van der Waals surface area contributed by atoms with Gasteiger partial charge in [-0.15, -0.1) is 0 Å². The van der Waals surface area contributed by atoms with Crippen molar-refractivity contribution >= 4 is 25.0 Å². The van der Waals surface area contributed by atoms with Crippen LogP contribution in [0.25, 0.3) is 0 Å². The summed E-state index contributed by atoms with van der Waals surface area (Å²) in [6, 6.07) is 0. The predicted octanol–water partition coefficient (Wildman–Crippen LogP) is 3.82. The molecule has 0 heterocycles. The van der Waals surface area contributed by atoms with Crippen LogP contribution in [0.1, 0.15) is 6.92 Å². The monoisotopic (exact) mass is 264 g/mol. The first-order valence-corrected chi connectivity index (χ1v) is 15.5. The molecule has 0 aromatic carbocycles. The fourth-order valence-corrected chi connectivity index (χ4v) is 10.6. The van der Waals surface area contributed by atoms with Gasteiger partial charge in [-0.2, -0.15) is 0 Å². The lowest BCUT2D eigenvalue weighted by Crippen LogP contribution is -2.51. The summed E-state index contributed by atoms with van der Waals surface area (Å²) in [5.41, 5.74) is 0.385. The number of rotatable bonds is 5. The van der Waals surface area contributed by atoms with Gasteiger partial charge in [-0.1, -0.05) is 19.6 Å². The van der Waals surface area contributed by atoms with Crippen molar-refractivity contribution in [3.63, 3.8) is 0 Å². The first kappa shape index (κ1) is 15.6. The van der Waals surface area contributed by atoms with E-state index >= 15 is 0 Å².